The number of anilines is 1. The topological polar surface area (TPSA) is 58.2 Å². The van der Waals surface area contributed by atoms with E-state index in [0.29, 0.717) is 30.1 Å². The minimum Gasteiger partial charge on any atom is -0.352 e. The summed E-state index contributed by atoms with van der Waals surface area (Å²) in [6, 6.07) is 5.30. The highest BCUT2D eigenvalue weighted by atomic mass is 35.5. The Hall–Kier alpha value is -1.81. The maximum Gasteiger partial charge on any atom is 0.240 e. The van der Waals surface area contributed by atoms with E-state index in [0.717, 1.165) is 5.56 Å². The number of amides is 2. The molecule has 1 aromatic carbocycles. The van der Waals surface area contributed by atoms with Crippen molar-refractivity contribution in [1.29, 1.82) is 0 Å². The van der Waals surface area contributed by atoms with Crippen LogP contribution in [0.15, 0.2) is 30.9 Å². The third kappa shape index (κ3) is 2.70. The molecule has 106 valence electrons. The fourth-order valence-electron chi connectivity index (χ4n) is 2.00. The first kappa shape index (κ1) is 14.6. The third-order valence-corrected chi connectivity index (χ3v) is 3.95. The summed E-state index contributed by atoms with van der Waals surface area (Å²) in [6.07, 6.45) is 2.73. The van der Waals surface area contributed by atoms with Crippen molar-refractivity contribution in [1.82, 2.24) is 5.32 Å². The zero-order chi connectivity index (χ0) is 14.8. The lowest BCUT2D eigenvalue weighted by Gasteiger charge is -2.16. The molecule has 0 aliphatic heterocycles. The standard InChI is InChI=1S/C15H17ClN2O2/c1-3-9-17-13(19)15(7-8-15)14(20)18-12-6-4-5-11(16)10(12)2/h3-6H,1,7-9H2,2H3,(H,17,19)(H,18,20). The molecule has 0 bridgehead atoms. The lowest BCUT2D eigenvalue weighted by Crippen LogP contribution is -2.40. The van der Waals surface area contributed by atoms with Gasteiger partial charge in [-0.05, 0) is 37.5 Å². The summed E-state index contributed by atoms with van der Waals surface area (Å²) >= 11 is 6.02. The van der Waals surface area contributed by atoms with E-state index in [4.69, 9.17) is 11.6 Å². The van der Waals surface area contributed by atoms with Gasteiger partial charge in [0.2, 0.25) is 11.8 Å². The first-order chi connectivity index (χ1) is 9.51. The summed E-state index contributed by atoms with van der Waals surface area (Å²) in [6.45, 7) is 5.73. The number of hydrogen-bond acceptors (Lipinski definition) is 2. The number of carbonyl (C=O) groups is 2. The quantitative estimate of drug-likeness (QED) is 0.647. The number of halogens is 1. The molecular formula is C15H17ClN2O2. The number of carbonyl (C=O) groups excluding carboxylic acids is 2. The van der Waals surface area contributed by atoms with E-state index in [-0.39, 0.29) is 11.8 Å². The van der Waals surface area contributed by atoms with Gasteiger partial charge in [-0.15, -0.1) is 6.58 Å². The number of nitrogens with one attached hydrogen (secondary N) is 2. The molecule has 2 rings (SSSR count). The van der Waals surface area contributed by atoms with E-state index in [1.54, 1.807) is 24.3 Å². The second-order valence-corrected chi connectivity index (χ2v) is 5.35. The molecular weight excluding hydrogens is 276 g/mol. The molecule has 0 aromatic heterocycles. The summed E-state index contributed by atoms with van der Waals surface area (Å²) in [7, 11) is 0. The summed E-state index contributed by atoms with van der Waals surface area (Å²) in [5.74, 6) is -0.515. The van der Waals surface area contributed by atoms with Crippen LogP contribution in [-0.4, -0.2) is 18.4 Å². The number of rotatable bonds is 5. The molecule has 1 saturated carbocycles. The highest BCUT2D eigenvalue weighted by Crippen LogP contribution is 2.47. The van der Waals surface area contributed by atoms with Crippen molar-refractivity contribution in [3.63, 3.8) is 0 Å². The van der Waals surface area contributed by atoms with Gasteiger partial charge in [-0.2, -0.15) is 0 Å². The van der Waals surface area contributed by atoms with Crippen LogP contribution in [0.3, 0.4) is 0 Å². The van der Waals surface area contributed by atoms with Crippen LogP contribution in [0.1, 0.15) is 18.4 Å². The highest BCUT2D eigenvalue weighted by Gasteiger charge is 2.56. The maximum absolute atomic E-state index is 12.3. The molecule has 5 heteroatoms. The first-order valence-electron chi connectivity index (χ1n) is 6.47. The zero-order valence-electron chi connectivity index (χ0n) is 11.3. The van der Waals surface area contributed by atoms with Gasteiger partial charge in [-0.3, -0.25) is 9.59 Å². The van der Waals surface area contributed by atoms with E-state index in [9.17, 15) is 9.59 Å². The molecule has 1 fully saturated rings. The predicted molar refractivity (Wildman–Crippen MR) is 79.7 cm³/mol. The van der Waals surface area contributed by atoms with Crippen LogP contribution in [0.5, 0.6) is 0 Å². The summed E-state index contributed by atoms with van der Waals surface area (Å²) in [5, 5.41) is 6.07. The Balaban J connectivity index is 2.10. The van der Waals surface area contributed by atoms with Crippen molar-refractivity contribution in [2.75, 3.05) is 11.9 Å². The van der Waals surface area contributed by atoms with Crippen LogP contribution in [-0.2, 0) is 9.59 Å². The summed E-state index contributed by atoms with van der Waals surface area (Å²) in [4.78, 5) is 24.3. The average Bonchev–Trinajstić information content (AvgIpc) is 3.23. The van der Waals surface area contributed by atoms with Gasteiger partial charge in [0.1, 0.15) is 5.41 Å². The Kier molecular flexibility index (Phi) is 4.14. The third-order valence-electron chi connectivity index (χ3n) is 3.54. The minimum atomic E-state index is -0.933. The van der Waals surface area contributed by atoms with Crippen LogP contribution >= 0.6 is 11.6 Å². The molecule has 1 aromatic rings. The smallest absolute Gasteiger partial charge is 0.240 e. The molecule has 0 saturated heterocycles. The lowest BCUT2D eigenvalue weighted by atomic mass is 10.0. The molecule has 1 aliphatic carbocycles. The van der Waals surface area contributed by atoms with Crippen LogP contribution in [0.2, 0.25) is 5.02 Å². The molecule has 0 spiro atoms. The predicted octanol–water partition coefficient (Wildman–Crippen LogP) is 2.67. The molecule has 0 heterocycles. The maximum atomic E-state index is 12.3. The fourth-order valence-corrected chi connectivity index (χ4v) is 2.18. The number of benzene rings is 1. The van der Waals surface area contributed by atoms with E-state index in [1.165, 1.54) is 0 Å². The van der Waals surface area contributed by atoms with Gasteiger partial charge in [0.05, 0.1) is 0 Å². The first-order valence-corrected chi connectivity index (χ1v) is 6.85. The van der Waals surface area contributed by atoms with Crippen LogP contribution < -0.4 is 10.6 Å². The largest absolute Gasteiger partial charge is 0.352 e. The number of hydrogen-bond donors (Lipinski definition) is 2. The van der Waals surface area contributed by atoms with Crippen molar-refractivity contribution < 1.29 is 9.59 Å². The Bertz CT molecular complexity index is 565. The molecule has 0 atom stereocenters. The Morgan fingerprint density at radius 1 is 1.40 bits per heavy atom. The monoisotopic (exact) mass is 292 g/mol. The summed E-state index contributed by atoms with van der Waals surface area (Å²) < 4.78 is 0. The van der Waals surface area contributed by atoms with Gasteiger partial charge in [0.15, 0.2) is 0 Å². The minimum absolute atomic E-state index is 0.241. The Labute approximate surface area is 123 Å². The molecule has 2 amide bonds. The van der Waals surface area contributed by atoms with Crippen LogP contribution in [0.25, 0.3) is 0 Å². The Morgan fingerprint density at radius 2 is 2.10 bits per heavy atom. The van der Waals surface area contributed by atoms with Gasteiger partial charge in [0.25, 0.3) is 0 Å². The van der Waals surface area contributed by atoms with Gasteiger partial charge in [-0.1, -0.05) is 23.7 Å². The van der Waals surface area contributed by atoms with Crippen LogP contribution in [0.4, 0.5) is 5.69 Å². The second-order valence-electron chi connectivity index (χ2n) is 4.95. The van der Waals surface area contributed by atoms with Gasteiger partial charge >= 0.3 is 0 Å². The van der Waals surface area contributed by atoms with Gasteiger partial charge in [-0.25, -0.2) is 0 Å². The average molecular weight is 293 g/mol. The molecule has 1 aliphatic rings. The zero-order valence-corrected chi connectivity index (χ0v) is 12.1. The van der Waals surface area contributed by atoms with Crippen molar-refractivity contribution in [3.8, 4) is 0 Å². The molecule has 0 radical (unpaired) electrons. The van der Waals surface area contributed by atoms with Crippen molar-refractivity contribution in [2.24, 2.45) is 5.41 Å². The molecule has 0 unspecified atom stereocenters. The van der Waals surface area contributed by atoms with E-state index in [1.807, 2.05) is 6.92 Å². The van der Waals surface area contributed by atoms with Crippen molar-refractivity contribution >= 4 is 29.1 Å². The second kappa shape index (κ2) is 5.67. The molecule has 2 N–H and O–H groups in total. The molecule has 4 nitrogen and oxygen atoms in total. The van der Waals surface area contributed by atoms with Crippen molar-refractivity contribution in [2.45, 2.75) is 19.8 Å². The van der Waals surface area contributed by atoms with Crippen molar-refractivity contribution in [3.05, 3.63) is 41.4 Å². The Morgan fingerprint density at radius 3 is 2.70 bits per heavy atom. The van der Waals surface area contributed by atoms with Gasteiger partial charge < -0.3 is 10.6 Å². The highest BCUT2D eigenvalue weighted by molar-refractivity contribution is 6.31. The normalized spacial score (nSPS) is 15.3. The van der Waals surface area contributed by atoms with E-state index >= 15 is 0 Å². The fraction of sp³-hybridized carbons (Fsp3) is 0.333. The van der Waals surface area contributed by atoms with Gasteiger partial charge in [0, 0.05) is 17.3 Å². The van der Waals surface area contributed by atoms with E-state index in [2.05, 4.69) is 17.2 Å². The SMILES string of the molecule is C=CCNC(=O)C1(C(=O)Nc2cccc(Cl)c2C)CC1. The molecule has 20 heavy (non-hydrogen) atoms. The van der Waals surface area contributed by atoms with Crippen LogP contribution in [0, 0.1) is 12.3 Å². The lowest BCUT2D eigenvalue weighted by molar-refractivity contribution is -0.134. The summed E-state index contributed by atoms with van der Waals surface area (Å²) in [5.41, 5.74) is 0.507. The van der Waals surface area contributed by atoms with E-state index < -0.39 is 5.41 Å².